The third kappa shape index (κ3) is 6.42. The Hall–Kier alpha value is -2.64. The van der Waals surface area contributed by atoms with Crippen molar-refractivity contribution < 1.29 is 14.3 Å². The number of alkyl carbamates (subject to hydrolysis) is 1. The van der Waals surface area contributed by atoms with Gasteiger partial charge in [0.25, 0.3) is 0 Å². The molecule has 4 N–H and O–H groups in total. The lowest BCUT2D eigenvalue weighted by molar-refractivity contribution is 0.0527. The molecule has 0 aromatic heterocycles. The Bertz CT molecular complexity index is 788. The van der Waals surface area contributed by atoms with E-state index in [0.717, 1.165) is 50.0 Å². The topological polar surface area (TPSA) is 99.9 Å². The van der Waals surface area contributed by atoms with Crippen molar-refractivity contribution >= 4 is 29.2 Å². The Morgan fingerprint density at radius 2 is 2.00 bits per heavy atom. The first-order valence-electron chi connectivity index (χ1n) is 11.4. The zero-order chi connectivity index (χ0) is 22.6. The van der Waals surface area contributed by atoms with Gasteiger partial charge < -0.3 is 26.0 Å². The van der Waals surface area contributed by atoms with Crippen molar-refractivity contribution in [2.24, 2.45) is 0 Å². The number of carbonyl (C=O) groups excluding carboxylic acids is 2. The fourth-order valence-corrected chi connectivity index (χ4v) is 3.84. The van der Waals surface area contributed by atoms with Crippen molar-refractivity contribution in [1.82, 2.24) is 10.2 Å². The van der Waals surface area contributed by atoms with Crippen molar-refractivity contribution in [2.75, 3.05) is 35.6 Å². The highest BCUT2D eigenvalue weighted by Crippen LogP contribution is 2.37. The van der Waals surface area contributed by atoms with Gasteiger partial charge in [0, 0.05) is 31.7 Å². The van der Waals surface area contributed by atoms with Gasteiger partial charge in [0.2, 0.25) is 0 Å². The van der Waals surface area contributed by atoms with E-state index in [4.69, 9.17) is 10.5 Å². The van der Waals surface area contributed by atoms with Gasteiger partial charge in [-0.15, -0.1) is 0 Å². The number of unbranched alkanes of at least 4 members (excludes halogenated alkanes) is 1. The lowest BCUT2D eigenvalue weighted by Crippen LogP contribution is -2.34. The quantitative estimate of drug-likeness (QED) is 0.402. The molecular formula is C23H37N5O3. The lowest BCUT2D eigenvalue weighted by Gasteiger charge is -2.25. The van der Waals surface area contributed by atoms with Crippen LogP contribution in [0.1, 0.15) is 59.8 Å². The summed E-state index contributed by atoms with van der Waals surface area (Å²) in [7, 11) is 0. The molecule has 8 nitrogen and oxygen atoms in total. The van der Waals surface area contributed by atoms with Crippen molar-refractivity contribution in [3.63, 3.8) is 0 Å². The second-order valence-electron chi connectivity index (χ2n) is 9.57. The fraction of sp³-hybridized carbons (Fsp3) is 0.652. The molecule has 8 heteroatoms. The molecular weight excluding hydrogens is 394 g/mol. The van der Waals surface area contributed by atoms with E-state index >= 15 is 0 Å². The van der Waals surface area contributed by atoms with E-state index in [1.807, 2.05) is 48.8 Å². The van der Waals surface area contributed by atoms with Gasteiger partial charge in [-0.3, -0.25) is 4.90 Å². The summed E-state index contributed by atoms with van der Waals surface area (Å²) in [4.78, 5) is 28.4. The summed E-state index contributed by atoms with van der Waals surface area (Å²) in [5, 5.41) is 6.31. The Morgan fingerprint density at radius 1 is 1.26 bits per heavy atom. The van der Waals surface area contributed by atoms with Gasteiger partial charge in [0.15, 0.2) is 0 Å². The SMILES string of the molecule is CC(CCCCNC(=O)OC(C)(C)C)Nc1c(N)cccc1N1CCN(C2CC2)C1=O. The first-order valence-corrected chi connectivity index (χ1v) is 11.4. The smallest absolute Gasteiger partial charge is 0.407 e. The molecule has 1 saturated heterocycles. The van der Waals surface area contributed by atoms with E-state index in [9.17, 15) is 9.59 Å². The minimum Gasteiger partial charge on any atom is -0.444 e. The summed E-state index contributed by atoms with van der Waals surface area (Å²) in [5.41, 5.74) is 8.12. The second kappa shape index (κ2) is 9.66. The van der Waals surface area contributed by atoms with Gasteiger partial charge in [0.1, 0.15) is 5.60 Å². The summed E-state index contributed by atoms with van der Waals surface area (Å²) in [6.45, 7) is 9.71. The number of para-hydroxylation sites is 1. The first kappa shape index (κ1) is 23.0. The Balaban J connectivity index is 1.48. The molecule has 1 saturated carbocycles. The third-order valence-corrected chi connectivity index (χ3v) is 5.52. The molecule has 1 aliphatic carbocycles. The monoisotopic (exact) mass is 431 g/mol. The number of nitrogens with one attached hydrogen (secondary N) is 2. The average molecular weight is 432 g/mol. The highest BCUT2D eigenvalue weighted by molar-refractivity contribution is 5.99. The predicted molar refractivity (Wildman–Crippen MR) is 124 cm³/mol. The van der Waals surface area contributed by atoms with Crippen molar-refractivity contribution in [1.29, 1.82) is 0 Å². The summed E-state index contributed by atoms with van der Waals surface area (Å²) in [6.07, 6.45) is 4.58. The molecule has 1 aromatic rings. The van der Waals surface area contributed by atoms with Gasteiger partial charge in [-0.05, 0) is 71.9 Å². The molecule has 2 fully saturated rings. The molecule has 0 radical (unpaired) electrons. The average Bonchev–Trinajstić information content (AvgIpc) is 3.44. The van der Waals surface area contributed by atoms with Crippen LogP contribution in [0, 0.1) is 0 Å². The maximum Gasteiger partial charge on any atom is 0.407 e. The van der Waals surface area contributed by atoms with Crippen LogP contribution in [0.5, 0.6) is 0 Å². The zero-order valence-electron chi connectivity index (χ0n) is 19.2. The lowest BCUT2D eigenvalue weighted by atomic mass is 10.1. The van der Waals surface area contributed by atoms with Crippen LogP contribution in [0.15, 0.2) is 18.2 Å². The second-order valence-corrected chi connectivity index (χ2v) is 9.57. The molecule has 31 heavy (non-hydrogen) atoms. The van der Waals surface area contributed by atoms with Gasteiger partial charge in [-0.1, -0.05) is 6.07 Å². The molecule has 3 amide bonds. The number of nitrogens with two attached hydrogens (primary N) is 1. The number of ether oxygens (including phenoxy) is 1. The standard InChI is InChI=1S/C23H37N5O3/c1-16(8-5-6-13-25-21(29)31-23(2,3)4)26-20-18(24)9-7-10-19(20)28-15-14-27(22(28)30)17-11-12-17/h7,9-10,16-17,26H,5-6,8,11-15,24H2,1-4H3,(H,25,29). The molecule has 1 aromatic carbocycles. The zero-order valence-corrected chi connectivity index (χ0v) is 19.2. The van der Waals surface area contributed by atoms with E-state index in [-0.39, 0.29) is 18.2 Å². The number of carbonyl (C=O) groups is 2. The molecule has 0 bridgehead atoms. The number of hydrogen-bond acceptors (Lipinski definition) is 5. The number of anilines is 3. The van der Waals surface area contributed by atoms with E-state index in [0.29, 0.717) is 24.8 Å². The number of hydrogen-bond donors (Lipinski definition) is 3. The number of rotatable bonds is 9. The Kier molecular flexibility index (Phi) is 7.18. The molecule has 0 spiro atoms. The van der Waals surface area contributed by atoms with Crippen LogP contribution in [-0.2, 0) is 4.74 Å². The summed E-state index contributed by atoms with van der Waals surface area (Å²) in [6, 6.07) is 6.41. The summed E-state index contributed by atoms with van der Waals surface area (Å²) >= 11 is 0. The molecule has 1 heterocycles. The van der Waals surface area contributed by atoms with E-state index in [2.05, 4.69) is 17.6 Å². The summed E-state index contributed by atoms with van der Waals surface area (Å²) in [5.74, 6) is 0. The van der Waals surface area contributed by atoms with Crippen LogP contribution in [0.3, 0.4) is 0 Å². The summed E-state index contributed by atoms with van der Waals surface area (Å²) < 4.78 is 5.24. The number of nitrogens with zero attached hydrogens (tertiary/aromatic N) is 2. The molecule has 2 aliphatic rings. The van der Waals surface area contributed by atoms with Gasteiger partial charge in [0.05, 0.1) is 17.1 Å². The van der Waals surface area contributed by atoms with E-state index in [1.165, 1.54) is 0 Å². The van der Waals surface area contributed by atoms with Crippen LogP contribution < -0.4 is 21.3 Å². The fourth-order valence-electron chi connectivity index (χ4n) is 3.84. The van der Waals surface area contributed by atoms with Gasteiger partial charge in [-0.25, -0.2) is 9.59 Å². The van der Waals surface area contributed by atoms with Crippen LogP contribution in [0.2, 0.25) is 0 Å². The maximum absolute atomic E-state index is 12.9. The highest BCUT2D eigenvalue weighted by Gasteiger charge is 2.40. The Morgan fingerprint density at radius 3 is 2.68 bits per heavy atom. The Labute approximate surface area is 185 Å². The van der Waals surface area contributed by atoms with Crippen molar-refractivity contribution in [3.8, 4) is 0 Å². The molecule has 3 rings (SSSR count). The molecule has 1 atom stereocenters. The van der Waals surface area contributed by atoms with E-state index in [1.54, 1.807) is 0 Å². The van der Waals surface area contributed by atoms with Gasteiger partial charge >= 0.3 is 12.1 Å². The largest absolute Gasteiger partial charge is 0.444 e. The number of urea groups is 1. The van der Waals surface area contributed by atoms with Gasteiger partial charge in [-0.2, -0.15) is 0 Å². The number of nitrogen functional groups attached to an aromatic ring is 1. The predicted octanol–water partition coefficient (Wildman–Crippen LogP) is 4.17. The van der Waals surface area contributed by atoms with Crippen molar-refractivity contribution in [2.45, 2.75) is 77.5 Å². The molecule has 1 aliphatic heterocycles. The molecule has 1 unspecified atom stereocenters. The van der Waals surface area contributed by atoms with Crippen LogP contribution in [-0.4, -0.2) is 54.3 Å². The van der Waals surface area contributed by atoms with Crippen LogP contribution >= 0.6 is 0 Å². The normalized spacial score (nSPS) is 17.6. The molecule has 172 valence electrons. The minimum absolute atomic E-state index is 0.0806. The van der Waals surface area contributed by atoms with E-state index < -0.39 is 5.60 Å². The third-order valence-electron chi connectivity index (χ3n) is 5.52. The van der Waals surface area contributed by atoms with Crippen LogP contribution in [0.4, 0.5) is 26.7 Å². The maximum atomic E-state index is 12.9. The minimum atomic E-state index is -0.484. The van der Waals surface area contributed by atoms with Crippen molar-refractivity contribution in [3.05, 3.63) is 18.2 Å². The number of benzene rings is 1. The number of amides is 3. The highest BCUT2D eigenvalue weighted by atomic mass is 16.6. The first-order chi connectivity index (χ1) is 14.7. The van der Waals surface area contributed by atoms with Crippen LogP contribution in [0.25, 0.3) is 0 Å².